The summed E-state index contributed by atoms with van der Waals surface area (Å²) in [6.07, 6.45) is 4.23. The quantitative estimate of drug-likeness (QED) is 0.480. The van der Waals surface area contributed by atoms with E-state index in [1.54, 1.807) is 0 Å². The summed E-state index contributed by atoms with van der Waals surface area (Å²) in [4.78, 5) is 39.1. The minimum atomic E-state index is -1.18. The minimum Gasteiger partial charge on any atom is -0.353 e. The monoisotopic (exact) mass is 510 g/mol. The number of hydrogen-bond acceptors (Lipinski definition) is 3. The van der Waals surface area contributed by atoms with Crippen LogP contribution >= 0.6 is 23.2 Å². The largest absolute Gasteiger partial charge is 0.353 e. The van der Waals surface area contributed by atoms with Crippen LogP contribution in [-0.2, 0) is 24.1 Å². The van der Waals surface area contributed by atoms with Crippen molar-refractivity contribution in [2.75, 3.05) is 6.54 Å². The van der Waals surface area contributed by atoms with E-state index in [0.717, 1.165) is 47.9 Å². The van der Waals surface area contributed by atoms with Gasteiger partial charge in [0.05, 0.1) is 11.8 Å². The molecule has 1 saturated heterocycles. The van der Waals surface area contributed by atoms with Gasteiger partial charge in [0.1, 0.15) is 9.75 Å². The van der Waals surface area contributed by atoms with E-state index in [9.17, 15) is 14.4 Å². The van der Waals surface area contributed by atoms with Gasteiger partial charge in [-0.2, -0.15) is 0 Å². The van der Waals surface area contributed by atoms with Gasteiger partial charge in [-0.3, -0.25) is 19.3 Å². The van der Waals surface area contributed by atoms with Crippen molar-refractivity contribution in [3.63, 3.8) is 0 Å². The summed E-state index contributed by atoms with van der Waals surface area (Å²) in [5, 5.41) is 3.09. The highest BCUT2D eigenvalue weighted by atomic mass is 35.5. The van der Waals surface area contributed by atoms with Gasteiger partial charge in [0, 0.05) is 19.0 Å². The van der Waals surface area contributed by atoms with E-state index in [-0.39, 0.29) is 36.7 Å². The minimum absolute atomic E-state index is 0.0340. The second kappa shape index (κ2) is 8.07. The number of nitrogens with zero attached hydrogens (tertiary/aromatic N) is 1. The smallest absolute Gasteiger partial charge is 0.235 e. The van der Waals surface area contributed by atoms with Crippen LogP contribution in [-0.4, -0.2) is 35.2 Å². The molecular formula is C28H28Cl2N2O3. The van der Waals surface area contributed by atoms with Crippen molar-refractivity contribution in [1.29, 1.82) is 0 Å². The molecule has 1 saturated carbocycles. The van der Waals surface area contributed by atoms with Crippen LogP contribution in [0.15, 0.2) is 48.5 Å². The van der Waals surface area contributed by atoms with Gasteiger partial charge < -0.3 is 5.32 Å². The zero-order chi connectivity index (χ0) is 24.5. The molecule has 4 aliphatic carbocycles. The summed E-state index contributed by atoms with van der Waals surface area (Å²) in [6.45, 7) is 2.27. The second-order valence-electron chi connectivity index (χ2n) is 10.6. The molecule has 2 atom stereocenters. The molecule has 3 amide bonds. The molecule has 35 heavy (non-hydrogen) atoms. The zero-order valence-electron chi connectivity index (χ0n) is 19.6. The predicted octanol–water partition coefficient (Wildman–Crippen LogP) is 4.66. The van der Waals surface area contributed by atoms with E-state index in [0.29, 0.717) is 5.92 Å². The number of imide groups is 1. The van der Waals surface area contributed by atoms with E-state index in [4.69, 9.17) is 23.2 Å². The van der Waals surface area contributed by atoms with Crippen LogP contribution in [0.2, 0.25) is 0 Å². The van der Waals surface area contributed by atoms with Crippen molar-refractivity contribution in [3.05, 3.63) is 70.8 Å². The van der Waals surface area contributed by atoms with Gasteiger partial charge in [0.2, 0.25) is 17.7 Å². The highest BCUT2D eigenvalue weighted by Gasteiger charge is 2.72. The Labute approximate surface area is 215 Å². The molecule has 0 aromatic heterocycles. The summed E-state index contributed by atoms with van der Waals surface area (Å²) < 4.78 is 0. The Bertz CT molecular complexity index is 1110. The Morgan fingerprint density at radius 3 is 1.71 bits per heavy atom. The Hall–Kier alpha value is -2.37. The van der Waals surface area contributed by atoms with Crippen LogP contribution in [0.3, 0.4) is 0 Å². The van der Waals surface area contributed by atoms with Crippen molar-refractivity contribution >= 4 is 40.9 Å². The van der Waals surface area contributed by atoms with Gasteiger partial charge >= 0.3 is 0 Å². The fourth-order valence-electron chi connectivity index (χ4n) is 6.86. The Morgan fingerprint density at radius 1 is 0.857 bits per heavy atom. The van der Waals surface area contributed by atoms with E-state index in [2.05, 4.69) is 12.2 Å². The summed E-state index contributed by atoms with van der Waals surface area (Å²) >= 11 is 14.8. The average molecular weight is 511 g/mol. The van der Waals surface area contributed by atoms with Crippen molar-refractivity contribution < 1.29 is 14.4 Å². The fraction of sp³-hybridized carbons (Fsp3) is 0.464. The Morgan fingerprint density at radius 2 is 1.29 bits per heavy atom. The molecule has 2 fully saturated rings. The maximum Gasteiger partial charge on any atom is 0.235 e. The molecule has 2 aromatic rings. The lowest BCUT2D eigenvalue weighted by atomic mass is 9.54. The van der Waals surface area contributed by atoms with Crippen LogP contribution in [0.5, 0.6) is 0 Å². The lowest BCUT2D eigenvalue weighted by Gasteiger charge is -2.54. The number of rotatable bonds is 4. The average Bonchev–Trinajstić information content (AvgIpc) is 3.13. The molecule has 0 spiro atoms. The molecule has 182 valence electrons. The van der Waals surface area contributed by atoms with Gasteiger partial charge in [-0.1, -0.05) is 55.5 Å². The number of benzene rings is 2. The van der Waals surface area contributed by atoms with E-state index >= 15 is 0 Å². The molecule has 2 bridgehead atoms. The first-order valence-electron chi connectivity index (χ1n) is 12.5. The molecule has 0 radical (unpaired) electrons. The second-order valence-corrected chi connectivity index (χ2v) is 11.8. The number of carbonyl (C=O) groups is 3. The molecule has 7 heteroatoms. The summed E-state index contributed by atoms with van der Waals surface area (Å²) in [5.74, 6) is -1.76. The molecule has 1 aliphatic heterocycles. The maximum atomic E-state index is 13.8. The molecule has 0 unspecified atom stereocenters. The third-order valence-corrected chi connectivity index (χ3v) is 9.90. The zero-order valence-corrected chi connectivity index (χ0v) is 21.1. The summed E-state index contributed by atoms with van der Waals surface area (Å²) in [6, 6.07) is 15.3. The number of carbonyl (C=O) groups excluding carboxylic acids is 3. The third kappa shape index (κ3) is 3.10. The highest BCUT2D eigenvalue weighted by Crippen LogP contribution is 2.69. The number of likely N-dealkylation sites (tertiary alicyclic amines) is 1. The van der Waals surface area contributed by atoms with Gasteiger partial charge in [-0.15, -0.1) is 23.2 Å². The van der Waals surface area contributed by atoms with E-state index < -0.39 is 21.6 Å². The Balaban J connectivity index is 1.30. The lowest BCUT2D eigenvalue weighted by molar-refractivity contribution is -0.140. The fourth-order valence-corrected chi connectivity index (χ4v) is 7.96. The topological polar surface area (TPSA) is 66.5 Å². The van der Waals surface area contributed by atoms with E-state index in [1.165, 1.54) is 4.90 Å². The van der Waals surface area contributed by atoms with Crippen molar-refractivity contribution in [2.45, 2.75) is 54.8 Å². The van der Waals surface area contributed by atoms with Crippen LogP contribution < -0.4 is 5.32 Å². The van der Waals surface area contributed by atoms with E-state index in [1.807, 2.05) is 48.5 Å². The summed E-state index contributed by atoms with van der Waals surface area (Å²) in [5.41, 5.74) is 3.13. The number of halogens is 2. The van der Waals surface area contributed by atoms with Crippen LogP contribution in [0, 0.1) is 17.8 Å². The standard InChI is InChI=1S/C28H28Cl2N2O3/c1-16-10-12-17(13-11-16)31-22(33)14-15-32-25(34)23-24(26(32)35)28(30)19-7-3-2-6-18(19)27(23,29)20-8-4-5-9-21(20)28/h2-9,16-17,23-24H,10-15H2,1H3,(H,31,33)/t16?,17?,23-,24-,27?,28?/m0/s1. The van der Waals surface area contributed by atoms with Gasteiger partial charge in [-0.05, 0) is 53.9 Å². The molecule has 5 aliphatic rings. The van der Waals surface area contributed by atoms with Gasteiger partial charge in [0.25, 0.3) is 0 Å². The SMILES string of the molecule is CC1CCC(NC(=O)CCN2C(=O)[C@@H]3[C@@H](C2=O)C2(Cl)c4ccccc4C3(Cl)c3ccccc32)CC1. The third-order valence-electron chi connectivity index (χ3n) is 8.62. The molecule has 1 heterocycles. The lowest BCUT2D eigenvalue weighted by Crippen LogP contribution is -2.57. The first-order valence-corrected chi connectivity index (χ1v) is 13.3. The normalized spacial score (nSPS) is 34.9. The molecule has 7 rings (SSSR count). The number of nitrogens with one attached hydrogen (secondary N) is 1. The maximum absolute atomic E-state index is 13.8. The van der Waals surface area contributed by atoms with Gasteiger partial charge in [-0.25, -0.2) is 0 Å². The van der Waals surface area contributed by atoms with Crippen LogP contribution in [0.25, 0.3) is 0 Å². The molecule has 1 N–H and O–H groups in total. The van der Waals surface area contributed by atoms with Crippen molar-refractivity contribution in [1.82, 2.24) is 10.2 Å². The van der Waals surface area contributed by atoms with Crippen LogP contribution in [0.4, 0.5) is 0 Å². The number of alkyl halides is 2. The summed E-state index contributed by atoms with van der Waals surface area (Å²) in [7, 11) is 0. The highest BCUT2D eigenvalue weighted by molar-refractivity contribution is 6.36. The van der Waals surface area contributed by atoms with Crippen molar-refractivity contribution in [2.24, 2.45) is 17.8 Å². The first kappa shape index (κ1) is 23.1. The van der Waals surface area contributed by atoms with Gasteiger partial charge in [0.15, 0.2) is 0 Å². The number of hydrogen-bond donors (Lipinski definition) is 1. The van der Waals surface area contributed by atoms with Crippen molar-refractivity contribution in [3.8, 4) is 0 Å². The molecule has 5 nitrogen and oxygen atoms in total. The first-order chi connectivity index (χ1) is 16.8. The molecular weight excluding hydrogens is 483 g/mol. The molecule has 2 aromatic carbocycles. The predicted molar refractivity (Wildman–Crippen MR) is 134 cm³/mol. The Kier molecular flexibility index (Phi) is 5.32. The van der Waals surface area contributed by atoms with Crippen LogP contribution in [0.1, 0.15) is 61.3 Å². The number of amides is 3.